The first-order chi connectivity index (χ1) is 11.3. The summed E-state index contributed by atoms with van der Waals surface area (Å²) in [7, 11) is 0. The number of aromatic nitrogens is 1. The largest absolute Gasteiger partial charge is 0.317 e. The van der Waals surface area contributed by atoms with Crippen LogP contribution in [0.4, 0.5) is 5.13 Å². The Morgan fingerprint density at radius 2 is 2.22 bits per heavy atom. The number of aryl methyl sites for hydroxylation is 1. The number of hydrogen-bond donors (Lipinski definition) is 2. The number of piperidine rings is 1. The minimum Gasteiger partial charge on any atom is -0.317 e. The fraction of sp³-hybridized carbons (Fsp3) is 0.500. The summed E-state index contributed by atoms with van der Waals surface area (Å²) in [6.07, 6.45) is 5.34. The van der Waals surface area contributed by atoms with E-state index in [9.17, 15) is 4.79 Å². The molecule has 1 unspecified atom stereocenters. The lowest BCUT2D eigenvalue weighted by Gasteiger charge is -2.21. The van der Waals surface area contributed by atoms with E-state index in [1.807, 2.05) is 6.20 Å². The second-order valence-corrected chi connectivity index (χ2v) is 9.16. The molecule has 2 aromatic heterocycles. The van der Waals surface area contributed by atoms with Crippen LogP contribution < -0.4 is 10.6 Å². The van der Waals surface area contributed by atoms with Gasteiger partial charge in [-0.3, -0.25) is 4.79 Å². The van der Waals surface area contributed by atoms with Crippen LogP contribution in [-0.4, -0.2) is 29.7 Å². The molecule has 1 amide bonds. The molecule has 2 aliphatic heterocycles. The average molecular weight is 366 g/mol. The molecule has 23 heavy (non-hydrogen) atoms. The van der Waals surface area contributed by atoms with Crippen LogP contribution in [0.3, 0.4) is 0 Å². The number of anilines is 1. The van der Waals surface area contributed by atoms with E-state index in [-0.39, 0.29) is 11.2 Å². The molecule has 0 bridgehead atoms. The van der Waals surface area contributed by atoms with E-state index in [4.69, 9.17) is 0 Å². The van der Waals surface area contributed by atoms with Crippen molar-refractivity contribution in [3.05, 3.63) is 33.0 Å². The Morgan fingerprint density at radius 1 is 1.35 bits per heavy atom. The molecule has 4 nitrogen and oxygen atoms in total. The van der Waals surface area contributed by atoms with Gasteiger partial charge in [-0.1, -0.05) is 0 Å². The van der Waals surface area contributed by atoms with Crippen LogP contribution in [0.5, 0.6) is 0 Å². The third-order valence-electron chi connectivity index (χ3n) is 4.41. The van der Waals surface area contributed by atoms with Gasteiger partial charge in [0.05, 0.1) is 0 Å². The van der Waals surface area contributed by atoms with Gasteiger partial charge in [-0.15, -0.1) is 34.4 Å². The van der Waals surface area contributed by atoms with E-state index in [2.05, 4.69) is 27.1 Å². The molecular formula is C16H19N3OS3. The molecule has 1 atom stereocenters. The molecule has 2 aliphatic rings. The number of nitrogens with one attached hydrogen (secondary N) is 2. The van der Waals surface area contributed by atoms with Gasteiger partial charge in [0.1, 0.15) is 5.25 Å². The Hall–Kier alpha value is -0.890. The Balaban J connectivity index is 1.44. The molecule has 2 N–H and O–H groups in total. The lowest BCUT2D eigenvalue weighted by atomic mass is 9.97. The van der Waals surface area contributed by atoms with E-state index >= 15 is 0 Å². The van der Waals surface area contributed by atoms with Crippen LogP contribution in [0.15, 0.2) is 17.6 Å². The summed E-state index contributed by atoms with van der Waals surface area (Å²) in [5.41, 5.74) is 1.19. The fourth-order valence-electron chi connectivity index (χ4n) is 3.17. The minimum absolute atomic E-state index is 0.0700. The van der Waals surface area contributed by atoms with E-state index < -0.39 is 0 Å². The second kappa shape index (κ2) is 6.93. The maximum absolute atomic E-state index is 12.6. The number of nitrogens with zero attached hydrogens (tertiary/aromatic N) is 1. The molecule has 0 aromatic carbocycles. The van der Waals surface area contributed by atoms with Crippen LogP contribution in [-0.2, 0) is 11.2 Å². The molecule has 4 rings (SSSR count). The van der Waals surface area contributed by atoms with E-state index in [0.29, 0.717) is 5.92 Å². The molecule has 1 saturated heterocycles. The number of hydrogen-bond acceptors (Lipinski definition) is 6. The van der Waals surface area contributed by atoms with Gasteiger partial charge in [-0.05, 0) is 61.0 Å². The quantitative estimate of drug-likeness (QED) is 0.872. The van der Waals surface area contributed by atoms with E-state index in [1.165, 1.54) is 15.3 Å². The summed E-state index contributed by atoms with van der Waals surface area (Å²) in [6.45, 7) is 2.15. The normalized spacial score (nSPS) is 21.8. The topological polar surface area (TPSA) is 54.0 Å². The third kappa shape index (κ3) is 3.33. The number of thioether (sulfide) groups is 1. The van der Waals surface area contributed by atoms with Crippen molar-refractivity contribution < 1.29 is 4.79 Å². The van der Waals surface area contributed by atoms with Crippen LogP contribution in [0.25, 0.3) is 0 Å². The molecule has 0 spiro atoms. The highest BCUT2D eigenvalue weighted by molar-refractivity contribution is 8.00. The van der Waals surface area contributed by atoms with Crippen molar-refractivity contribution in [3.8, 4) is 0 Å². The van der Waals surface area contributed by atoms with Gasteiger partial charge in [0.25, 0.3) is 0 Å². The molecule has 1 fully saturated rings. The van der Waals surface area contributed by atoms with E-state index in [0.717, 1.165) is 43.2 Å². The third-order valence-corrected chi connectivity index (χ3v) is 7.72. The predicted molar refractivity (Wildman–Crippen MR) is 98.8 cm³/mol. The summed E-state index contributed by atoms with van der Waals surface area (Å²) in [6, 6.07) is 2.10. The Bertz CT molecular complexity index is 690. The monoisotopic (exact) mass is 365 g/mol. The zero-order valence-electron chi connectivity index (χ0n) is 12.7. The van der Waals surface area contributed by atoms with Gasteiger partial charge >= 0.3 is 0 Å². The summed E-state index contributed by atoms with van der Waals surface area (Å²) in [4.78, 5) is 19.7. The average Bonchev–Trinajstić information content (AvgIpc) is 3.24. The number of amides is 1. The molecule has 2 aromatic rings. The van der Waals surface area contributed by atoms with Gasteiger partial charge < -0.3 is 10.6 Å². The van der Waals surface area contributed by atoms with Crippen LogP contribution in [0, 0.1) is 0 Å². The van der Waals surface area contributed by atoms with Crippen molar-refractivity contribution in [2.24, 2.45) is 0 Å². The van der Waals surface area contributed by atoms with Crippen LogP contribution in [0.2, 0.25) is 0 Å². The molecule has 122 valence electrons. The first-order valence-electron chi connectivity index (χ1n) is 7.96. The fourth-order valence-corrected chi connectivity index (χ4v) is 6.46. The standard InChI is InChI=1S/C16H19N3OS3/c20-15(14-11-3-7-21-12(11)4-8-22-14)19-16-18-9-13(23-16)10-1-5-17-6-2-10/h3,7,9-10,14,17H,1-2,4-6,8H2,(H,18,19,20). The highest BCUT2D eigenvalue weighted by Crippen LogP contribution is 2.40. The molecule has 0 saturated carbocycles. The number of rotatable bonds is 3. The van der Waals surface area contributed by atoms with Gasteiger partial charge in [-0.2, -0.15) is 0 Å². The first-order valence-corrected chi connectivity index (χ1v) is 10.7. The number of thiophene rings is 1. The SMILES string of the molecule is O=C(Nc1ncc(C2CCNCC2)s1)C1SCCc2sccc21. The summed E-state index contributed by atoms with van der Waals surface area (Å²) in [5.74, 6) is 1.68. The molecule has 0 radical (unpaired) electrons. The Kier molecular flexibility index (Phi) is 4.71. The number of carbonyl (C=O) groups excluding carboxylic acids is 1. The zero-order chi connectivity index (χ0) is 15.6. The smallest absolute Gasteiger partial charge is 0.243 e. The van der Waals surface area contributed by atoms with Gasteiger partial charge in [0, 0.05) is 16.0 Å². The summed E-state index contributed by atoms with van der Waals surface area (Å²) >= 11 is 5.14. The van der Waals surface area contributed by atoms with Gasteiger partial charge in [0.2, 0.25) is 5.91 Å². The minimum atomic E-state index is -0.0868. The Morgan fingerprint density at radius 3 is 3.09 bits per heavy atom. The van der Waals surface area contributed by atoms with E-state index in [1.54, 1.807) is 34.4 Å². The van der Waals surface area contributed by atoms with Crippen molar-refractivity contribution in [2.45, 2.75) is 30.4 Å². The highest BCUT2D eigenvalue weighted by Gasteiger charge is 2.28. The summed E-state index contributed by atoms with van der Waals surface area (Å²) in [5, 5.41) is 9.17. The highest BCUT2D eigenvalue weighted by atomic mass is 32.2. The predicted octanol–water partition coefficient (Wildman–Crippen LogP) is 3.64. The van der Waals surface area contributed by atoms with Gasteiger partial charge in [-0.25, -0.2) is 4.98 Å². The van der Waals surface area contributed by atoms with Gasteiger partial charge in [0.15, 0.2) is 5.13 Å². The number of thiazole rings is 1. The zero-order valence-corrected chi connectivity index (χ0v) is 15.2. The lowest BCUT2D eigenvalue weighted by Crippen LogP contribution is -2.26. The molecule has 7 heteroatoms. The van der Waals surface area contributed by atoms with Crippen molar-refractivity contribution in [1.29, 1.82) is 0 Å². The van der Waals surface area contributed by atoms with Crippen LogP contribution in [0.1, 0.15) is 39.3 Å². The Labute approximate surface area is 148 Å². The molecule has 0 aliphatic carbocycles. The number of carbonyl (C=O) groups is 1. The van der Waals surface area contributed by atoms with Crippen LogP contribution >= 0.6 is 34.4 Å². The van der Waals surface area contributed by atoms with Crippen molar-refractivity contribution >= 4 is 45.5 Å². The van der Waals surface area contributed by atoms with Crippen molar-refractivity contribution in [3.63, 3.8) is 0 Å². The van der Waals surface area contributed by atoms with Crippen molar-refractivity contribution in [2.75, 3.05) is 24.2 Å². The maximum atomic E-state index is 12.6. The number of fused-ring (bicyclic) bond motifs is 1. The molecular weight excluding hydrogens is 346 g/mol. The second-order valence-electron chi connectivity index (χ2n) is 5.88. The molecule has 4 heterocycles. The summed E-state index contributed by atoms with van der Waals surface area (Å²) < 4.78 is 0. The first kappa shape index (κ1) is 15.6. The lowest BCUT2D eigenvalue weighted by molar-refractivity contribution is -0.115. The maximum Gasteiger partial charge on any atom is 0.243 e. The van der Waals surface area contributed by atoms with Crippen molar-refractivity contribution in [1.82, 2.24) is 10.3 Å².